The highest BCUT2D eigenvalue weighted by Crippen LogP contribution is 2.49. The Morgan fingerprint density at radius 3 is 2.35 bits per heavy atom. The van der Waals surface area contributed by atoms with Crippen LogP contribution in [-0.4, -0.2) is 193 Å². The number of anilines is 2. The average Bonchev–Trinajstić information content (AvgIpc) is 1.55. The van der Waals surface area contributed by atoms with Crippen molar-refractivity contribution < 1.29 is 86.2 Å². The third-order valence-corrected chi connectivity index (χ3v) is 19.1. The summed E-state index contributed by atoms with van der Waals surface area (Å²) in [7, 11) is 8.23. The molecule has 102 heavy (non-hydrogen) atoms. The summed E-state index contributed by atoms with van der Waals surface area (Å²) in [6, 6.07) is 15.1. The van der Waals surface area contributed by atoms with Crippen molar-refractivity contribution in [3.8, 4) is 5.75 Å². The number of hydrogen-bond acceptors (Lipinski definition) is 20. The van der Waals surface area contributed by atoms with Crippen LogP contribution >= 0.6 is 11.6 Å². The van der Waals surface area contributed by atoms with Gasteiger partial charge in [0.2, 0.25) is 23.6 Å². The second kappa shape index (κ2) is 38.2. The Kier molecular flexibility index (Phi) is 30.2. The molecule has 3 aliphatic heterocycles. The Labute approximate surface area is 601 Å². The van der Waals surface area contributed by atoms with Gasteiger partial charge in [-0.2, -0.15) is 0 Å². The molecule has 11 atom stereocenters. The van der Waals surface area contributed by atoms with Crippen LogP contribution in [0, 0.1) is 17.8 Å². The van der Waals surface area contributed by atoms with Gasteiger partial charge in [-0.1, -0.05) is 98.6 Å². The van der Waals surface area contributed by atoms with Crippen LogP contribution in [-0.2, 0) is 75.0 Å². The maximum atomic E-state index is 14.4. The van der Waals surface area contributed by atoms with Crippen molar-refractivity contribution in [1.29, 1.82) is 0 Å². The summed E-state index contributed by atoms with van der Waals surface area (Å²) in [5, 5.41) is 30.1. The largest absolute Gasteiger partial charge is 0.495 e. The van der Waals surface area contributed by atoms with Gasteiger partial charge in [0, 0.05) is 90.0 Å². The quantitative estimate of drug-likeness (QED) is 0.0101. The Balaban J connectivity index is 0.877. The van der Waals surface area contributed by atoms with Crippen molar-refractivity contribution in [3.63, 3.8) is 0 Å². The van der Waals surface area contributed by atoms with E-state index in [9.17, 15) is 48.3 Å². The number of hydrogen-bond donors (Lipinski definition) is 9. The van der Waals surface area contributed by atoms with Gasteiger partial charge in [0.05, 0.1) is 57.8 Å². The number of urea groups is 1. The van der Waals surface area contributed by atoms with Crippen LogP contribution in [0.3, 0.4) is 0 Å². The number of alkyl carbamates (subject to hydrolysis) is 2. The normalized spacial score (nSPS) is 23.5. The van der Waals surface area contributed by atoms with E-state index in [4.69, 9.17) is 55.2 Å². The van der Waals surface area contributed by atoms with E-state index in [1.165, 1.54) is 49.8 Å². The first-order valence-electron chi connectivity index (χ1n) is 34.4. The number of nitrogens with one attached hydrogen (secondary N) is 7. The number of hydrazine groups is 1. The molecule has 3 heterocycles. The number of carbonyl (C=O) groups is 9. The number of nitrogens with zero attached hydrogens (tertiary/aromatic N) is 2. The van der Waals surface area contributed by atoms with Gasteiger partial charge in [-0.3, -0.25) is 34.7 Å². The first-order chi connectivity index (χ1) is 48.6. The number of fused-ring (bicyclic) bond motifs is 6. The van der Waals surface area contributed by atoms with Crippen LogP contribution in [0.15, 0.2) is 90.0 Å². The fraction of sp³-hybridized carbons (Fsp3) is 0.548. The van der Waals surface area contributed by atoms with E-state index in [0.29, 0.717) is 54.9 Å². The number of primary amides is 1. The highest BCUT2D eigenvalue weighted by Gasteiger charge is 2.64. The Hall–Kier alpha value is -8.48. The maximum absolute atomic E-state index is 14.4. The topological polar surface area (TPSA) is 368 Å². The minimum atomic E-state index is -1.91. The Bertz CT molecular complexity index is 3540. The zero-order chi connectivity index (χ0) is 74.4. The van der Waals surface area contributed by atoms with Crippen LogP contribution in [0.2, 0.25) is 5.02 Å². The van der Waals surface area contributed by atoms with E-state index < -0.39 is 108 Å². The lowest BCUT2D eigenvalue weighted by atomic mass is 9.83. The summed E-state index contributed by atoms with van der Waals surface area (Å²) in [6.45, 7) is 11.9. The molecule has 2 saturated heterocycles. The monoisotopic (exact) mass is 1440 g/mol. The minimum absolute atomic E-state index is 0.0441. The molecule has 0 aromatic heterocycles. The molecule has 8 amide bonds. The molecule has 29 heteroatoms. The second-order valence-electron chi connectivity index (χ2n) is 26.8. The molecule has 0 saturated carbocycles. The van der Waals surface area contributed by atoms with Crippen molar-refractivity contribution >= 4 is 82.7 Å². The van der Waals surface area contributed by atoms with Crippen molar-refractivity contribution in [1.82, 2.24) is 37.0 Å². The second-order valence-corrected chi connectivity index (χ2v) is 27.2. The number of ether oxygens (including phenoxy) is 8. The van der Waals surface area contributed by atoms with Gasteiger partial charge in [0.15, 0.2) is 11.5 Å². The number of carbonyl (C=O) groups excluding carboxylic acids is 9. The molecule has 2 fully saturated rings. The lowest BCUT2D eigenvalue weighted by molar-refractivity contribution is -0.155. The molecule has 10 N–H and O–H groups in total. The molecule has 1 aliphatic carbocycles. The predicted molar refractivity (Wildman–Crippen MR) is 381 cm³/mol. The number of nitrogens with two attached hydrogens (primary N) is 1. The van der Waals surface area contributed by atoms with Gasteiger partial charge in [-0.25, -0.2) is 24.2 Å². The predicted octanol–water partition coefficient (Wildman–Crippen LogP) is 6.65. The summed E-state index contributed by atoms with van der Waals surface area (Å²) >= 11 is 6.84. The molecular weight excluding hydrogens is 1340 g/mol. The number of Topliss-reactive ketones (excluding diaryl/α,β-unsaturated/α-hetero) is 1. The standard InChI is InChI=1S/C73H101ClN10O18/c1-43(2)65(81-62(87)27-30-97-32-33-98-31-29-77-61(86)26-25-54-51(41-83(8)76-7)37-49-17-12-13-19-53(49)54)56(85)38-50(18-15-28-78-69(75)91)67(89)80-52-23-21-47(22-24-52)42-99-70(92)79-46(5)68(90)101-60-39-63(88)84(9)55-35-48(36-57(95-10)64(55)74)34-44(3)16-14-20-59(96-11)73(94)40-58(100-71(93)82-73)45(4)66-72(60,6)102-66/h12-14,16-17,19-24,35-37,43,45-46,50,54,58-60,65-66,76,94H,15,18,25-34,38-42H2,1-11H3,(H,77,86)(H,79,92)(H,80,89)(H,81,87)(H,82,93)(H3,75,78,91)/b20-14+,44-16+/t45-,46+,50-,54?,58+,59-,60+,65+,66+,72-,73+/m1/s1. The zero-order valence-electron chi connectivity index (χ0n) is 60.1. The smallest absolute Gasteiger partial charge is 0.409 e. The van der Waals surface area contributed by atoms with E-state index in [0.717, 1.165) is 17.7 Å². The number of methoxy groups -OCH3 is 2. The molecule has 3 aromatic carbocycles. The highest BCUT2D eigenvalue weighted by molar-refractivity contribution is 6.35. The molecule has 28 nitrogen and oxygen atoms in total. The highest BCUT2D eigenvalue weighted by atomic mass is 35.5. The first kappa shape index (κ1) is 80.8. The number of benzene rings is 3. The van der Waals surface area contributed by atoms with Crippen molar-refractivity contribution in [2.75, 3.05) is 91.6 Å². The van der Waals surface area contributed by atoms with E-state index in [-0.39, 0.29) is 93.8 Å². The Morgan fingerprint density at radius 1 is 0.931 bits per heavy atom. The van der Waals surface area contributed by atoms with E-state index in [2.05, 4.69) is 55.5 Å². The van der Waals surface area contributed by atoms with E-state index >= 15 is 0 Å². The molecule has 0 radical (unpaired) electrons. The van der Waals surface area contributed by atoms with E-state index in [1.54, 1.807) is 76.2 Å². The first-order valence-corrected chi connectivity index (χ1v) is 34.8. The summed E-state index contributed by atoms with van der Waals surface area (Å²) in [4.78, 5) is 121. The third kappa shape index (κ3) is 23.0. The van der Waals surface area contributed by atoms with Gasteiger partial charge >= 0.3 is 24.2 Å². The molecule has 4 bridgehead atoms. The molecule has 7 rings (SSSR count). The number of rotatable bonds is 33. The van der Waals surface area contributed by atoms with Crippen LogP contribution in [0.1, 0.15) is 121 Å². The van der Waals surface area contributed by atoms with Crippen molar-refractivity contribution in [2.45, 2.75) is 160 Å². The SMILES string of the molecule is CNN(C)CC1=Cc2ccccc2C1CCC(=O)NCCOCCOCCC(=O)N[C@H](C(=O)C[C@@H](CCCNC(N)=O)C(=O)Nc1ccc(COC(=O)N[C@@H](C)C(=O)O[C@H]2CC(=O)N(C)c3cc(cc(OC)c3Cl)C/C(C)=C/C=C/[C@@H](OC)[C@@]3(O)C[C@H](OC(=O)N3)[C@@H](C)[C@@H]3O[C@]23C)cc1)C(C)C. The molecule has 558 valence electrons. The van der Waals surface area contributed by atoms with Crippen LogP contribution in [0.25, 0.3) is 6.08 Å². The number of ketones is 1. The summed E-state index contributed by atoms with van der Waals surface area (Å²) < 4.78 is 46.1. The number of amides is 8. The molecule has 1 unspecified atom stereocenters. The van der Waals surface area contributed by atoms with Gasteiger partial charge in [0.25, 0.3) is 0 Å². The fourth-order valence-corrected chi connectivity index (χ4v) is 13.1. The summed E-state index contributed by atoms with van der Waals surface area (Å²) in [6.07, 6.45) is 2.49. The summed E-state index contributed by atoms with van der Waals surface area (Å²) in [5.41, 5.74) is 11.6. The lowest BCUT2D eigenvalue weighted by Gasteiger charge is -2.42. The van der Waals surface area contributed by atoms with Crippen LogP contribution < -0.4 is 52.7 Å². The lowest BCUT2D eigenvalue weighted by Crippen LogP contribution is -2.63. The maximum Gasteiger partial charge on any atom is 0.409 e. The number of halogens is 1. The Morgan fingerprint density at radius 2 is 1.66 bits per heavy atom. The number of likely N-dealkylation sites (N-methyl/N-ethyl adjacent to an activating group) is 1. The number of epoxide rings is 1. The summed E-state index contributed by atoms with van der Waals surface area (Å²) in [5.74, 6) is -4.24. The zero-order valence-corrected chi connectivity index (χ0v) is 60.9. The van der Waals surface area contributed by atoms with Crippen LogP contribution in [0.4, 0.5) is 25.8 Å². The minimum Gasteiger partial charge on any atom is -0.495 e. The molecule has 4 aliphatic rings. The van der Waals surface area contributed by atoms with E-state index in [1.807, 2.05) is 44.2 Å². The number of allylic oxidation sites excluding steroid dienone is 3. The van der Waals surface area contributed by atoms with Crippen molar-refractivity contribution in [3.05, 3.63) is 117 Å². The van der Waals surface area contributed by atoms with Gasteiger partial charge < -0.3 is 80.2 Å². The average molecular weight is 1440 g/mol. The number of esters is 1. The van der Waals surface area contributed by atoms with Gasteiger partial charge in [-0.15, -0.1) is 0 Å². The van der Waals surface area contributed by atoms with Crippen LogP contribution in [0.5, 0.6) is 5.75 Å². The molecule has 0 spiro atoms. The third-order valence-electron chi connectivity index (χ3n) is 18.7. The molecule has 3 aromatic rings. The van der Waals surface area contributed by atoms with Gasteiger partial charge in [-0.05, 0) is 112 Å². The molecular formula is C73H101ClN10O18. The fourth-order valence-electron chi connectivity index (χ4n) is 12.7. The van der Waals surface area contributed by atoms with Gasteiger partial charge in [0.1, 0.15) is 47.3 Å². The number of aliphatic hydroxyl groups is 1. The van der Waals surface area contributed by atoms with Crippen molar-refractivity contribution in [2.24, 2.45) is 23.5 Å².